The molecule has 158 valence electrons. The van der Waals surface area contributed by atoms with E-state index in [9.17, 15) is 22.8 Å². The number of rotatable bonds is 3. The number of primary amides is 1. The van der Waals surface area contributed by atoms with Crippen molar-refractivity contribution < 1.29 is 22.8 Å². The Kier molecular flexibility index (Phi) is 6.22. The maximum absolute atomic E-state index is 12.8. The largest absolute Gasteiger partial charge is 0.416 e. The molecule has 0 radical (unpaired) electrons. The Bertz CT molecular complexity index is 1210. The summed E-state index contributed by atoms with van der Waals surface area (Å²) in [6, 6.07) is 5.57. The molecule has 0 atom stereocenters. The monoisotopic (exact) mass is 445 g/mol. The molecule has 2 aromatic heterocycles. The summed E-state index contributed by atoms with van der Waals surface area (Å²) in [7, 11) is 0. The Balaban J connectivity index is 1.79. The van der Waals surface area contributed by atoms with Crippen molar-refractivity contribution in [2.75, 3.05) is 10.6 Å². The molecule has 0 aliphatic carbocycles. The zero-order valence-corrected chi connectivity index (χ0v) is 16.7. The van der Waals surface area contributed by atoms with Crippen LogP contribution in [-0.2, 0) is 6.18 Å². The Morgan fingerprint density at radius 3 is 2.58 bits per heavy atom. The summed E-state index contributed by atoms with van der Waals surface area (Å²) in [4.78, 5) is 31.6. The second-order valence-electron chi connectivity index (χ2n) is 6.18. The van der Waals surface area contributed by atoms with E-state index in [0.29, 0.717) is 15.6 Å². The van der Waals surface area contributed by atoms with E-state index in [-0.39, 0.29) is 11.4 Å². The van der Waals surface area contributed by atoms with Gasteiger partial charge in [0, 0.05) is 17.3 Å². The average Bonchev–Trinajstić information content (AvgIpc) is 3.13. The van der Waals surface area contributed by atoms with Gasteiger partial charge in [0.1, 0.15) is 5.82 Å². The van der Waals surface area contributed by atoms with Crippen molar-refractivity contribution in [3.8, 4) is 11.8 Å². The number of anilines is 2. The van der Waals surface area contributed by atoms with E-state index >= 15 is 0 Å². The number of aryl methyl sites for hydroxylation is 1. The zero-order chi connectivity index (χ0) is 22.6. The highest BCUT2D eigenvalue weighted by Crippen LogP contribution is 2.30. The molecule has 0 fully saturated rings. The molecular formula is C20H14F3N5O2S. The maximum atomic E-state index is 12.8. The molecule has 7 nitrogen and oxygen atoms in total. The number of carbonyl (C=O) groups excluding carboxylic acids is 2. The van der Waals surface area contributed by atoms with E-state index in [2.05, 4.69) is 32.4 Å². The third kappa shape index (κ3) is 5.80. The molecular weight excluding hydrogens is 431 g/mol. The number of urea groups is 1. The van der Waals surface area contributed by atoms with E-state index in [1.165, 1.54) is 18.3 Å². The fraction of sp³-hybridized carbons (Fsp3) is 0.100. The fourth-order valence-corrected chi connectivity index (χ4v) is 3.06. The normalized spacial score (nSPS) is 10.7. The summed E-state index contributed by atoms with van der Waals surface area (Å²) in [5.74, 6) is 4.96. The Morgan fingerprint density at radius 2 is 1.87 bits per heavy atom. The molecule has 0 spiro atoms. The zero-order valence-electron chi connectivity index (χ0n) is 15.9. The van der Waals surface area contributed by atoms with E-state index in [1.54, 1.807) is 13.0 Å². The van der Waals surface area contributed by atoms with Crippen molar-refractivity contribution in [1.82, 2.24) is 9.97 Å². The summed E-state index contributed by atoms with van der Waals surface area (Å²) in [5.41, 5.74) is 5.66. The SMILES string of the molecule is Cc1ccc(C(=O)Nc2cc(C(F)(F)F)ccn2)cc1C#Cc1cnc(NC(N)=O)s1. The number of alkyl halides is 3. The summed E-state index contributed by atoms with van der Waals surface area (Å²) < 4.78 is 38.5. The number of pyridine rings is 1. The predicted molar refractivity (Wildman–Crippen MR) is 110 cm³/mol. The molecule has 0 saturated heterocycles. The van der Waals surface area contributed by atoms with Crippen molar-refractivity contribution in [2.24, 2.45) is 5.73 Å². The van der Waals surface area contributed by atoms with Crippen LogP contribution in [0.2, 0.25) is 0 Å². The smallest absolute Gasteiger partial charge is 0.351 e. The van der Waals surface area contributed by atoms with Crippen molar-refractivity contribution >= 4 is 34.2 Å². The molecule has 0 unspecified atom stereocenters. The van der Waals surface area contributed by atoms with Gasteiger partial charge < -0.3 is 11.1 Å². The van der Waals surface area contributed by atoms with Gasteiger partial charge in [-0.25, -0.2) is 14.8 Å². The minimum absolute atomic E-state index is 0.203. The van der Waals surface area contributed by atoms with Crippen LogP contribution in [0.4, 0.5) is 28.9 Å². The van der Waals surface area contributed by atoms with Gasteiger partial charge in [-0.05, 0) is 42.7 Å². The number of aromatic nitrogens is 2. The van der Waals surface area contributed by atoms with Crippen molar-refractivity contribution in [3.63, 3.8) is 0 Å². The third-order valence-electron chi connectivity index (χ3n) is 3.88. The highest BCUT2D eigenvalue weighted by molar-refractivity contribution is 7.16. The first-order valence-electron chi connectivity index (χ1n) is 8.61. The number of benzene rings is 1. The number of nitrogens with two attached hydrogens (primary N) is 1. The molecule has 0 saturated carbocycles. The van der Waals surface area contributed by atoms with E-state index in [4.69, 9.17) is 5.73 Å². The van der Waals surface area contributed by atoms with Gasteiger partial charge in [-0.15, -0.1) is 0 Å². The number of nitrogens with one attached hydrogen (secondary N) is 2. The lowest BCUT2D eigenvalue weighted by Gasteiger charge is -2.09. The topological polar surface area (TPSA) is 110 Å². The van der Waals surface area contributed by atoms with Gasteiger partial charge in [0.25, 0.3) is 5.91 Å². The van der Waals surface area contributed by atoms with Gasteiger partial charge >= 0.3 is 12.2 Å². The average molecular weight is 445 g/mol. The van der Waals surface area contributed by atoms with Crippen LogP contribution in [0.3, 0.4) is 0 Å². The van der Waals surface area contributed by atoms with Crippen molar-refractivity contribution in [2.45, 2.75) is 13.1 Å². The van der Waals surface area contributed by atoms with Crippen LogP contribution in [0.15, 0.2) is 42.7 Å². The standard InChI is InChI=1S/C20H14F3N5O2S/c1-11-2-3-13(17(29)27-16-9-14(6-7-25-16)20(21,22)23)8-12(11)4-5-15-10-26-19(31-15)28-18(24)30/h2-3,6-10H,1H3,(H,25,27,29)(H3,24,26,28,30). The summed E-state index contributed by atoms with van der Waals surface area (Å²) in [6.45, 7) is 1.80. The van der Waals surface area contributed by atoms with Crippen LogP contribution in [0.5, 0.6) is 0 Å². The van der Waals surface area contributed by atoms with Crippen molar-refractivity contribution in [1.29, 1.82) is 0 Å². The molecule has 3 aromatic rings. The van der Waals surface area contributed by atoms with Gasteiger partial charge in [0.05, 0.1) is 16.6 Å². The minimum atomic E-state index is -4.54. The van der Waals surface area contributed by atoms with Gasteiger partial charge in [0.15, 0.2) is 5.13 Å². The summed E-state index contributed by atoms with van der Waals surface area (Å²) in [5, 5.41) is 5.00. The number of amides is 3. The molecule has 11 heteroatoms. The van der Waals surface area contributed by atoms with E-state index in [0.717, 1.165) is 35.2 Å². The molecule has 0 aliphatic rings. The number of hydrogen-bond donors (Lipinski definition) is 3. The van der Waals surface area contributed by atoms with Gasteiger partial charge in [0.2, 0.25) is 0 Å². The van der Waals surface area contributed by atoms with E-state index in [1.807, 2.05) is 0 Å². The van der Waals surface area contributed by atoms with Crippen LogP contribution in [0, 0.1) is 18.8 Å². The second kappa shape index (κ2) is 8.85. The lowest BCUT2D eigenvalue weighted by molar-refractivity contribution is -0.137. The maximum Gasteiger partial charge on any atom is 0.416 e. The van der Waals surface area contributed by atoms with Crippen LogP contribution < -0.4 is 16.4 Å². The highest BCUT2D eigenvalue weighted by atomic mass is 32.1. The molecule has 4 N–H and O–H groups in total. The molecule has 0 bridgehead atoms. The predicted octanol–water partition coefficient (Wildman–Crippen LogP) is 4.01. The van der Waals surface area contributed by atoms with Gasteiger partial charge in [-0.3, -0.25) is 10.1 Å². The molecule has 3 amide bonds. The fourth-order valence-electron chi connectivity index (χ4n) is 2.39. The van der Waals surface area contributed by atoms with Crippen LogP contribution in [-0.4, -0.2) is 21.9 Å². The summed E-state index contributed by atoms with van der Waals surface area (Å²) in [6.07, 6.45) is -2.10. The second-order valence-corrected chi connectivity index (χ2v) is 7.21. The molecule has 1 aromatic carbocycles. The number of halogens is 3. The highest BCUT2D eigenvalue weighted by Gasteiger charge is 2.30. The van der Waals surface area contributed by atoms with Crippen LogP contribution in [0.25, 0.3) is 0 Å². The van der Waals surface area contributed by atoms with Crippen LogP contribution in [0.1, 0.15) is 31.9 Å². The lowest BCUT2D eigenvalue weighted by Crippen LogP contribution is -2.18. The third-order valence-corrected chi connectivity index (χ3v) is 4.71. The Labute approximate surface area is 178 Å². The molecule has 3 rings (SSSR count). The first-order valence-corrected chi connectivity index (χ1v) is 9.43. The quantitative estimate of drug-likeness (QED) is 0.529. The van der Waals surface area contributed by atoms with Gasteiger partial charge in [-0.1, -0.05) is 23.3 Å². The number of thiazole rings is 1. The lowest BCUT2D eigenvalue weighted by atomic mass is 10.0. The first kappa shape index (κ1) is 21.8. The Morgan fingerprint density at radius 1 is 1.10 bits per heavy atom. The van der Waals surface area contributed by atoms with Crippen LogP contribution >= 0.6 is 11.3 Å². The first-order chi connectivity index (χ1) is 14.6. The molecule has 31 heavy (non-hydrogen) atoms. The van der Waals surface area contributed by atoms with E-state index < -0.39 is 23.7 Å². The molecule has 0 aliphatic heterocycles. The van der Waals surface area contributed by atoms with Crippen molar-refractivity contribution in [3.05, 3.63) is 69.9 Å². The minimum Gasteiger partial charge on any atom is -0.351 e. The summed E-state index contributed by atoms with van der Waals surface area (Å²) >= 11 is 1.13. The number of nitrogens with zero attached hydrogens (tertiary/aromatic N) is 2. The number of carbonyl (C=O) groups is 2. The number of hydrogen-bond acceptors (Lipinski definition) is 5. The van der Waals surface area contributed by atoms with Gasteiger partial charge in [-0.2, -0.15) is 13.2 Å². The molecule has 2 heterocycles. The Hall–Kier alpha value is -3.91.